The van der Waals surface area contributed by atoms with Gasteiger partial charge in [-0.05, 0) is 30.5 Å². The Labute approximate surface area is 103 Å². The van der Waals surface area contributed by atoms with E-state index in [9.17, 15) is 0 Å². The maximum atomic E-state index is 5.71. The van der Waals surface area contributed by atoms with Gasteiger partial charge in [0.2, 0.25) is 0 Å². The molecule has 0 saturated carbocycles. The Balaban J connectivity index is 2.89. The fourth-order valence-electron chi connectivity index (χ4n) is 1.67. The molecule has 1 rings (SSSR count). The van der Waals surface area contributed by atoms with E-state index in [4.69, 9.17) is 16.3 Å². The second-order valence-electron chi connectivity index (χ2n) is 3.82. The molecule has 2 nitrogen and oxygen atoms in total. The lowest BCUT2D eigenvalue weighted by molar-refractivity contribution is 0.414. The van der Waals surface area contributed by atoms with Gasteiger partial charge in [-0.1, -0.05) is 13.0 Å². The molecule has 0 radical (unpaired) electrons. The summed E-state index contributed by atoms with van der Waals surface area (Å²) in [5.41, 5.74) is 2.47. The Morgan fingerprint density at radius 2 is 2.12 bits per heavy atom. The molecule has 3 heteroatoms. The average molecular weight is 242 g/mol. The molecule has 0 spiro atoms. The minimum absolute atomic E-state index is 0.695. The number of benzene rings is 1. The fourth-order valence-corrected chi connectivity index (χ4v) is 1.79. The Morgan fingerprint density at radius 1 is 1.38 bits per heavy atom. The summed E-state index contributed by atoms with van der Waals surface area (Å²) in [5, 5.41) is 0. The molecule has 0 fully saturated rings. The number of ether oxygens (including phenoxy) is 1. The van der Waals surface area contributed by atoms with Gasteiger partial charge in [0.15, 0.2) is 0 Å². The monoisotopic (exact) mass is 241 g/mol. The third-order valence-corrected chi connectivity index (χ3v) is 2.96. The molecule has 0 aromatic heterocycles. The number of hydrogen-bond donors (Lipinski definition) is 0. The van der Waals surface area contributed by atoms with Crippen molar-refractivity contribution >= 4 is 17.3 Å². The summed E-state index contributed by atoms with van der Waals surface area (Å²) in [7, 11) is 3.78. The van der Waals surface area contributed by atoms with Crippen LogP contribution in [-0.2, 0) is 6.42 Å². The summed E-state index contributed by atoms with van der Waals surface area (Å²) in [4.78, 5) is 2.19. The molecule has 90 valence electrons. The van der Waals surface area contributed by atoms with E-state index in [0.29, 0.717) is 5.88 Å². The lowest BCUT2D eigenvalue weighted by Gasteiger charge is -2.22. The van der Waals surface area contributed by atoms with Crippen molar-refractivity contribution in [2.24, 2.45) is 0 Å². The molecule has 0 heterocycles. The van der Waals surface area contributed by atoms with E-state index in [2.05, 4.69) is 31.0 Å². The SMILES string of the molecule is CCc1ccc(OC)c(N(C)CCCCl)c1. The molecule has 1 aromatic rings. The number of aryl methyl sites for hydroxylation is 1. The molecule has 0 aliphatic carbocycles. The standard InChI is InChI=1S/C13H20ClNO/c1-4-11-6-7-13(16-3)12(10-11)15(2)9-5-8-14/h6-7,10H,4-5,8-9H2,1-3H3. The van der Waals surface area contributed by atoms with Crippen LogP contribution >= 0.6 is 11.6 Å². The first-order chi connectivity index (χ1) is 7.72. The topological polar surface area (TPSA) is 12.5 Å². The van der Waals surface area contributed by atoms with Crippen molar-refractivity contribution in [2.45, 2.75) is 19.8 Å². The van der Waals surface area contributed by atoms with Crippen LogP contribution < -0.4 is 9.64 Å². The van der Waals surface area contributed by atoms with E-state index in [-0.39, 0.29) is 0 Å². The molecule has 0 atom stereocenters. The third kappa shape index (κ3) is 3.31. The van der Waals surface area contributed by atoms with E-state index in [1.807, 2.05) is 6.07 Å². The van der Waals surface area contributed by atoms with E-state index in [1.54, 1.807) is 7.11 Å². The van der Waals surface area contributed by atoms with Crippen molar-refractivity contribution in [3.63, 3.8) is 0 Å². The number of rotatable bonds is 6. The first-order valence-corrected chi connectivity index (χ1v) is 6.20. The maximum Gasteiger partial charge on any atom is 0.142 e. The highest BCUT2D eigenvalue weighted by Crippen LogP contribution is 2.28. The summed E-state index contributed by atoms with van der Waals surface area (Å²) in [6.07, 6.45) is 2.03. The molecular formula is C13H20ClNO. The van der Waals surface area contributed by atoms with Crippen molar-refractivity contribution in [3.05, 3.63) is 23.8 Å². The van der Waals surface area contributed by atoms with Gasteiger partial charge in [0.1, 0.15) is 5.75 Å². The number of halogens is 1. The van der Waals surface area contributed by atoms with Crippen LogP contribution in [0.3, 0.4) is 0 Å². The number of hydrogen-bond acceptors (Lipinski definition) is 2. The zero-order valence-corrected chi connectivity index (χ0v) is 11.0. The van der Waals surface area contributed by atoms with Gasteiger partial charge in [0, 0.05) is 19.5 Å². The normalized spacial score (nSPS) is 10.2. The van der Waals surface area contributed by atoms with Gasteiger partial charge in [-0.3, -0.25) is 0 Å². The summed E-state index contributed by atoms with van der Waals surface area (Å²) < 4.78 is 5.37. The predicted octanol–water partition coefficient (Wildman–Crippen LogP) is 3.32. The van der Waals surface area contributed by atoms with Gasteiger partial charge >= 0.3 is 0 Å². The van der Waals surface area contributed by atoms with Crippen LogP contribution in [0.2, 0.25) is 0 Å². The molecule has 0 aliphatic heterocycles. The second kappa shape index (κ2) is 6.64. The van der Waals surface area contributed by atoms with Crippen LogP contribution in [0.25, 0.3) is 0 Å². The Hall–Kier alpha value is -0.890. The average Bonchev–Trinajstić information content (AvgIpc) is 2.35. The van der Waals surface area contributed by atoms with Gasteiger partial charge in [0.25, 0.3) is 0 Å². The Morgan fingerprint density at radius 3 is 2.69 bits per heavy atom. The van der Waals surface area contributed by atoms with Crippen LogP contribution in [0.15, 0.2) is 18.2 Å². The maximum absolute atomic E-state index is 5.71. The van der Waals surface area contributed by atoms with Crippen molar-refractivity contribution < 1.29 is 4.74 Å². The summed E-state index contributed by atoms with van der Waals surface area (Å²) in [6, 6.07) is 6.33. The molecule has 0 saturated heterocycles. The van der Waals surface area contributed by atoms with Crippen molar-refractivity contribution in [1.29, 1.82) is 0 Å². The van der Waals surface area contributed by atoms with Crippen LogP contribution in [0.1, 0.15) is 18.9 Å². The van der Waals surface area contributed by atoms with E-state index in [1.165, 1.54) is 5.56 Å². The van der Waals surface area contributed by atoms with Crippen LogP contribution in [0, 0.1) is 0 Å². The lowest BCUT2D eigenvalue weighted by atomic mass is 10.1. The zero-order chi connectivity index (χ0) is 12.0. The summed E-state index contributed by atoms with van der Waals surface area (Å²) >= 11 is 5.71. The number of anilines is 1. The second-order valence-corrected chi connectivity index (χ2v) is 4.20. The summed E-state index contributed by atoms with van der Waals surface area (Å²) in [6.45, 7) is 3.11. The minimum atomic E-state index is 0.695. The molecule has 0 aliphatic rings. The largest absolute Gasteiger partial charge is 0.495 e. The van der Waals surface area contributed by atoms with E-state index >= 15 is 0 Å². The molecule has 0 N–H and O–H groups in total. The van der Waals surface area contributed by atoms with E-state index < -0.39 is 0 Å². The van der Waals surface area contributed by atoms with Crippen molar-refractivity contribution in [2.75, 3.05) is 31.5 Å². The van der Waals surface area contributed by atoms with Crippen LogP contribution in [0.5, 0.6) is 5.75 Å². The third-order valence-electron chi connectivity index (χ3n) is 2.69. The highest BCUT2D eigenvalue weighted by molar-refractivity contribution is 6.17. The molecular weight excluding hydrogens is 222 g/mol. The highest BCUT2D eigenvalue weighted by Gasteiger charge is 2.08. The van der Waals surface area contributed by atoms with Gasteiger partial charge in [-0.25, -0.2) is 0 Å². The van der Waals surface area contributed by atoms with Gasteiger partial charge in [-0.2, -0.15) is 0 Å². The number of nitrogens with zero attached hydrogens (tertiary/aromatic N) is 1. The molecule has 0 bridgehead atoms. The van der Waals surface area contributed by atoms with Crippen molar-refractivity contribution in [1.82, 2.24) is 0 Å². The number of alkyl halides is 1. The fraction of sp³-hybridized carbons (Fsp3) is 0.538. The molecule has 1 aromatic carbocycles. The molecule has 0 amide bonds. The van der Waals surface area contributed by atoms with Gasteiger partial charge < -0.3 is 9.64 Å². The Bertz CT molecular complexity index is 328. The first-order valence-electron chi connectivity index (χ1n) is 5.67. The molecule has 16 heavy (non-hydrogen) atoms. The van der Waals surface area contributed by atoms with Crippen LogP contribution in [-0.4, -0.2) is 26.6 Å². The van der Waals surface area contributed by atoms with Gasteiger partial charge in [0.05, 0.1) is 12.8 Å². The predicted molar refractivity (Wildman–Crippen MR) is 71.0 cm³/mol. The minimum Gasteiger partial charge on any atom is -0.495 e. The smallest absolute Gasteiger partial charge is 0.142 e. The van der Waals surface area contributed by atoms with Gasteiger partial charge in [-0.15, -0.1) is 11.6 Å². The van der Waals surface area contributed by atoms with E-state index in [0.717, 1.165) is 30.8 Å². The summed E-state index contributed by atoms with van der Waals surface area (Å²) in [5.74, 6) is 1.62. The van der Waals surface area contributed by atoms with Crippen molar-refractivity contribution in [3.8, 4) is 5.75 Å². The number of methoxy groups -OCH3 is 1. The zero-order valence-electron chi connectivity index (χ0n) is 10.3. The highest BCUT2D eigenvalue weighted by atomic mass is 35.5. The lowest BCUT2D eigenvalue weighted by Crippen LogP contribution is -2.19. The first kappa shape index (κ1) is 13.2. The molecule has 0 unspecified atom stereocenters. The quantitative estimate of drug-likeness (QED) is 0.709. The van der Waals surface area contributed by atoms with Crippen LogP contribution in [0.4, 0.5) is 5.69 Å². The Kier molecular flexibility index (Phi) is 5.47.